The Bertz CT molecular complexity index is 94.6. The van der Waals surface area contributed by atoms with Crippen LogP contribution in [0, 0.1) is 0 Å². The Labute approximate surface area is 88.5 Å². The summed E-state index contributed by atoms with van der Waals surface area (Å²) in [5, 5.41) is 1.45. The zero-order chi connectivity index (χ0) is 8.10. The lowest BCUT2D eigenvalue weighted by Crippen LogP contribution is -2.22. The molecule has 0 saturated carbocycles. The second kappa shape index (κ2) is 5.95. The summed E-state index contributed by atoms with van der Waals surface area (Å²) in [7, 11) is 0. The molecule has 66 valence electrons. The van der Waals surface area contributed by atoms with E-state index in [0.29, 0.717) is 0 Å². The minimum absolute atomic E-state index is 0.725. The summed E-state index contributed by atoms with van der Waals surface area (Å²) in [5.74, 6) is 4.62. The second-order valence-electron chi connectivity index (χ2n) is 2.54. The molecule has 0 aromatic carbocycles. The minimum Gasteiger partial charge on any atom is -0.178 e. The molecule has 1 fully saturated rings. The van der Waals surface area contributed by atoms with Gasteiger partial charge in [0.05, 0.1) is 0 Å². The summed E-state index contributed by atoms with van der Waals surface area (Å²) >= 11 is 12.9. The van der Waals surface area contributed by atoms with Crippen LogP contribution in [0.3, 0.4) is 0 Å². The van der Waals surface area contributed by atoms with Gasteiger partial charge in [0.25, 0.3) is 0 Å². The zero-order valence-electron chi connectivity index (χ0n) is 6.40. The van der Waals surface area contributed by atoms with Gasteiger partial charge >= 0.3 is 0 Å². The molecule has 1 aliphatic heterocycles. The van der Waals surface area contributed by atoms with Crippen LogP contribution in [-0.4, -0.2) is 33.5 Å². The highest BCUT2D eigenvalue weighted by molar-refractivity contribution is 8.05. The Morgan fingerprint density at radius 1 is 1.00 bits per heavy atom. The van der Waals surface area contributed by atoms with Crippen molar-refractivity contribution in [3.05, 3.63) is 0 Å². The van der Waals surface area contributed by atoms with Crippen molar-refractivity contribution in [2.45, 2.75) is 16.9 Å². The van der Waals surface area contributed by atoms with E-state index in [1.165, 1.54) is 17.9 Å². The molecule has 11 heavy (non-hydrogen) atoms. The average molecular weight is 226 g/mol. The van der Waals surface area contributed by atoms with Crippen molar-refractivity contribution in [1.29, 1.82) is 0 Å². The smallest absolute Gasteiger partial charge is 0.0262 e. The van der Waals surface area contributed by atoms with Gasteiger partial charge in [-0.05, 0) is 17.9 Å². The molecule has 0 aliphatic carbocycles. The summed E-state index contributed by atoms with van der Waals surface area (Å²) in [6.07, 6.45) is 1.35. The highest BCUT2D eigenvalue weighted by atomic mass is 32.2. The maximum Gasteiger partial charge on any atom is 0.0262 e. The molecule has 0 bridgehead atoms. The molecule has 0 radical (unpaired) electrons. The molecule has 0 nitrogen and oxygen atoms in total. The number of hydrogen-bond donors (Lipinski definition) is 2. The largest absolute Gasteiger partial charge is 0.178 e. The molecule has 0 spiro atoms. The van der Waals surface area contributed by atoms with Crippen molar-refractivity contribution in [1.82, 2.24) is 0 Å². The van der Waals surface area contributed by atoms with Crippen molar-refractivity contribution in [3.8, 4) is 0 Å². The van der Waals surface area contributed by atoms with Crippen LogP contribution in [-0.2, 0) is 0 Å². The van der Waals surface area contributed by atoms with E-state index in [1.807, 2.05) is 0 Å². The maximum atomic E-state index is 4.36. The van der Waals surface area contributed by atoms with Gasteiger partial charge in [0.2, 0.25) is 0 Å². The fraction of sp³-hybridized carbons (Fsp3) is 1.00. The van der Waals surface area contributed by atoms with Crippen LogP contribution in [0.4, 0.5) is 0 Å². The van der Waals surface area contributed by atoms with Gasteiger partial charge in [-0.2, -0.15) is 48.8 Å². The van der Waals surface area contributed by atoms with Gasteiger partial charge in [-0.25, -0.2) is 0 Å². The normalized spacial score (nSPS) is 33.3. The van der Waals surface area contributed by atoms with E-state index in [2.05, 4.69) is 48.8 Å². The van der Waals surface area contributed by atoms with Gasteiger partial charge in [0.15, 0.2) is 0 Å². The van der Waals surface area contributed by atoms with E-state index in [0.717, 1.165) is 22.0 Å². The molecule has 2 unspecified atom stereocenters. The fourth-order valence-corrected chi connectivity index (χ4v) is 5.22. The quantitative estimate of drug-likeness (QED) is 0.694. The first kappa shape index (κ1) is 10.5. The third kappa shape index (κ3) is 3.33. The highest BCUT2D eigenvalue weighted by Gasteiger charge is 2.21. The Balaban J connectivity index is 2.41. The molecule has 1 saturated heterocycles. The lowest BCUT2D eigenvalue weighted by atomic mass is 10.3. The topological polar surface area (TPSA) is 0 Å². The lowest BCUT2D eigenvalue weighted by molar-refractivity contribution is 0.959. The third-order valence-electron chi connectivity index (χ3n) is 1.73. The van der Waals surface area contributed by atoms with E-state index in [9.17, 15) is 0 Å². The summed E-state index contributed by atoms with van der Waals surface area (Å²) in [6.45, 7) is 0. The predicted molar refractivity (Wildman–Crippen MR) is 64.8 cm³/mol. The Kier molecular flexibility index (Phi) is 5.67. The molecule has 0 amide bonds. The zero-order valence-corrected chi connectivity index (χ0v) is 9.82. The van der Waals surface area contributed by atoms with Crippen molar-refractivity contribution in [3.63, 3.8) is 0 Å². The first-order chi connectivity index (χ1) is 5.38. The van der Waals surface area contributed by atoms with Crippen LogP contribution < -0.4 is 0 Å². The molecule has 0 N–H and O–H groups in total. The van der Waals surface area contributed by atoms with Crippen molar-refractivity contribution in [2.24, 2.45) is 0 Å². The number of hydrogen-bond acceptors (Lipinski definition) is 4. The van der Waals surface area contributed by atoms with Gasteiger partial charge in [0.1, 0.15) is 0 Å². The molecule has 1 heterocycles. The van der Waals surface area contributed by atoms with Crippen molar-refractivity contribution in [2.75, 3.05) is 23.0 Å². The van der Waals surface area contributed by atoms with Gasteiger partial charge in [-0.1, -0.05) is 0 Å². The van der Waals surface area contributed by atoms with Gasteiger partial charge in [0, 0.05) is 22.0 Å². The van der Waals surface area contributed by atoms with E-state index >= 15 is 0 Å². The van der Waals surface area contributed by atoms with E-state index in [-0.39, 0.29) is 0 Å². The van der Waals surface area contributed by atoms with Crippen LogP contribution in [0.5, 0.6) is 0 Å². The van der Waals surface area contributed by atoms with Gasteiger partial charge in [-0.15, -0.1) is 0 Å². The predicted octanol–water partition coefficient (Wildman–Crippen LogP) is 2.45. The standard InChI is InChI=1S/C7H14S4/c8-4-6-7(5-9)11-3-1-2-10-6/h6-9H,1-5H2. The number of thioether (sulfide) groups is 2. The molecule has 2 atom stereocenters. The maximum absolute atomic E-state index is 4.36. The van der Waals surface area contributed by atoms with Crippen LogP contribution >= 0.6 is 48.8 Å². The number of thiol groups is 2. The summed E-state index contributed by atoms with van der Waals surface area (Å²) in [4.78, 5) is 0. The summed E-state index contributed by atoms with van der Waals surface area (Å²) in [5.41, 5.74) is 0. The monoisotopic (exact) mass is 226 g/mol. The molecule has 4 heteroatoms. The molecular weight excluding hydrogens is 212 g/mol. The molecule has 0 aromatic rings. The van der Waals surface area contributed by atoms with Crippen LogP contribution in [0.15, 0.2) is 0 Å². The van der Waals surface area contributed by atoms with E-state index in [4.69, 9.17) is 0 Å². The second-order valence-corrected chi connectivity index (χ2v) is 5.96. The molecule has 1 rings (SSSR count). The molecular formula is C7H14S4. The van der Waals surface area contributed by atoms with Crippen LogP contribution in [0.1, 0.15) is 6.42 Å². The van der Waals surface area contributed by atoms with Crippen LogP contribution in [0.2, 0.25) is 0 Å². The summed E-state index contributed by atoms with van der Waals surface area (Å²) in [6, 6.07) is 0. The fourth-order valence-electron chi connectivity index (χ4n) is 1.08. The Morgan fingerprint density at radius 3 is 1.82 bits per heavy atom. The Hall–Kier alpha value is 1.40. The first-order valence-electron chi connectivity index (χ1n) is 3.83. The number of rotatable bonds is 2. The van der Waals surface area contributed by atoms with Gasteiger partial charge in [-0.3, -0.25) is 0 Å². The minimum atomic E-state index is 0.725. The van der Waals surface area contributed by atoms with Crippen LogP contribution in [0.25, 0.3) is 0 Å². The SMILES string of the molecule is SCC1SCCCSC1CS. The Morgan fingerprint density at radius 2 is 1.45 bits per heavy atom. The van der Waals surface area contributed by atoms with E-state index < -0.39 is 0 Å². The first-order valence-corrected chi connectivity index (χ1v) is 7.19. The lowest BCUT2D eigenvalue weighted by Gasteiger charge is -2.19. The van der Waals surface area contributed by atoms with Crippen molar-refractivity contribution >= 4 is 48.8 Å². The highest BCUT2D eigenvalue weighted by Crippen LogP contribution is 2.31. The van der Waals surface area contributed by atoms with Crippen molar-refractivity contribution < 1.29 is 0 Å². The van der Waals surface area contributed by atoms with E-state index in [1.54, 1.807) is 0 Å². The average Bonchev–Trinajstić information content (AvgIpc) is 2.27. The van der Waals surface area contributed by atoms with Gasteiger partial charge < -0.3 is 0 Å². The molecule has 0 aromatic heterocycles. The summed E-state index contributed by atoms with van der Waals surface area (Å²) < 4.78 is 0. The molecule has 1 aliphatic rings. The third-order valence-corrected chi connectivity index (χ3v) is 6.08.